The molecule has 1 amide bonds. The summed E-state index contributed by atoms with van der Waals surface area (Å²) >= 11 is 5.83. The summed E-state index contributed by atoms with van der Waals surface area (Å²) < 4.78 is 5.57. The highest BCUT2D eigenvalue weighted by Gasteiger charge is 2.27. The lowest BCUT2D eigenvalue weighted by molar-refractivity contribution is -0.384. The maximum absolute atomic E-state index is 12.4. The second-order valence-corrected chi connectivity index (χ2v) is 5.30. The largest absolute Gasteiger partial charge is 0.372 e. The SMILES string of the molecule is C[C@@H]1CN(C(=O)c2ccc([N+](=O)[O-])c(Cl)c2)C[C@H](C)O1. The fourth-order valence-electron chi connectivity index (χ4n) is 2.31. The van der Waals surface area contributed by atoms with Gasteiger partial charge < -0.3 is 9.64 Å². The molecule has 0 aliphatic carbocycles. The van der Waals surface area contributed by atoms with E-state index in [2.05, 4.69) is 0 Å². The molecule has 1 heterocycles. The maximum Gasteiger partial charge on any atom is 0.287 e. The van der Waals surface area contributed by atoms with E-state index in [0.717, 1.165) is 0 Å². The number of nitro groups is 1. The third kappa shape index (κ3) is 3.08. The van der Waals surface area contributed by atoms with Gasteiger partial charge in [-0.15, -0.1) is 0 Å². The molecule has 0 bridgehead atoms. The molecule has 1 fully saturated rings. The van der Waals surface area contributed by atoms with E-state index < -0.39 is 4.92 Å². The van der Waals surface area contributed by atoms with Gasteiger partial charge >= 0.3 is 0 Å². The van der Waals surface area contributed by atoms with Crippen molar-refractivity contribution in [3.63, 3.8) is 0 Å². The summed E-state index contributed by atoms with van der Waals surface area (Å²) in [6, 6.07) is 4.02. The smallest absolute Gasteiger partial charge is 0.287 e. The fourth-order valence-corrected chi connectivity index (χ4v) is 2.56. The minimum absolute atomic E-state index is 0.0313. The highest BCUT2D eigenvalue weighted by atomic mass is 35.5. The predicted octanol–water partition coefficient (Wildman–Crippen LogP) is 2.50. The molecule has 20 heavy (non-hydrogen) atoms. The Morgan fingerprint density at radius 1 is 1.40 bits per heavy atom. The summed E-state index contributed by atoms with van der Waals surface area (Å²) in [5, 5.41) is 10.7. The van der Waals surface area contributed by atoms with Crippen molar-refractivity contribution < 1.29 is 14.5 Å². The Labute approximate surface area is 121 Å². The first kappa shape index (κ1) is 14.7. The van der Waals surface area contributed by atoms with Crippen LogP contribution in [0.3, 0.4) is 0 Å². The molecule has 1 saturated heterocycles. The number of rotatable bonds is 2. The van der Waals surface area contributed by atoms with Crippen molar-refractivity contribution >= 4 is 23.2 Å². The Bertz CT molecular complexity index is 539. The van der Waals surface area contributed by atoms with Crippen LogP contribution in [0.2, 0.25) is 5.02 Å². The maximum atomic E-state index is 12.4. The van der Waals surface area contributed by atoms with Gasteiger partial charge in [0, 0.05) is 24.7 Å². The molecule has 7 heteroatoms. The molecule has 2 rings (SSSR count). The molecule has 1 aromatic carbocycles. The first-order chi connectivity index (χ1) is 9.38. The molecule has 0 spiro atoms. The minimum Gasteiger partial charge on any atom is -0.372 e. The molecule has 0 saturated carbocycles. The minimum atomic E-state index is -0.574. The van der Waals surface area contributed by atoms with Crippen molar-refractivity contribution in [2.45, 2.75) is 26.1 Å². The number of halogens is 1. The van der Waals surface area contributed by atoms with Crippen LogP contribution in [0.15, 0.2) is 18.2 Å². The van der Waals surface area contributed by atoms with E-state index in [1.54, 1.807) is 4.90 Å². The lowest BCUT2D eigenvalue weighted by Crippen LogP contribution is -2.48. The summed E-state index contributed by atoms with van der Waals surface area (Å²) in [5.74, 6) is -0.191. The lowest BCUT2D eigenvalue weighted by Gasteiger charge is -2.35. The van der Waals surface area contributed by atoms with E-state index in [1.807, 2.05) is 13.8 Å². The number of benzene rings is 1. The number of hydrogen-bond acceptors (Lipinski definition) is 4. The van der Waals surface area contributed by atoms with E-state index in [4.69, 9.17) is 16.3 Å². The van der Waals surface area contributed by atoms with Crippen LogP contribution in [-0.2, 0) is 4.74 Å². The Morgan fingerprint density at radius 2 is 2.00 bits per heavy atom. The summed E-state index contributed by atoms with van der Waals surface area (Å²) in [4.78, 5) is 24.2. The summed E-state index contributed by atoms with van der Waals surface area (Å²) in [7, 11) is 0. The van der Waals surface area contributed by atoms with Crippen LogP contribution in [0.1, 0.15) is 24.2 Å². The van der Waals surface area contributed by atoms with Crippen molar-refractivity contribution in [1.29, 1.82) is 0 Å². The van der Waals surface area contributed by atoms with E-state index in [9.17, 15) is 14.9 Å². The van der Waals surface area contributed by atoms with Gasteiger partial charge in [0.05, 0.1) is 17.1 Å². The van der Waals surface area contributed by atoms with Crippen LogP contribution in [0.5, 0.6) is 0 Å². The Balaban J connectivity index is 2.21. The van der Waals surface area contributed by atoms with Gasteiger partial charge in [0.2, 0.25) is 0 Å². The third-order valence-corrected chi connectivity index (χ3v) is 3.40. The lowest BCUT2D eigenvalue weighted by atomic mass is 10.1. The van der Waals surface area contributed by atoms with Gasteiger partial charge in [0.1, 0.15) is 5.02 Å². The highest BCUT2D eigenvalue weighted by Crippen LogP contribution is 2.26. The average molecular weight is 299 g/mol. The average Bonchev–Trinajstić information content (AvgIpc) is 2.36. The quantitative estimate of drug-likeness (QED) is 0.621. The molecule has 0 N–H and O–H groups in total. The van der Waals surface area contributed by atoms with Crippen LogP contribution in [0.4, 0.5) is 5.69 Å². The number of nitrogens with zero attached hydrogens (tertiary/aromatic N) is 2. The topological polar surface area (TPSA) is 72.7 Å². The summed E-state index contributed by atoms with van der Waals surface area (Å²) in [6.07, 6.45) is -0.0626. The number of carbonyl (C=O) groups is 1. The number of amides is 1. The number of morpholine rings is 1. The molecule has 1 aromatic rings. The van der Waals surface area contributed by atoms with E-state index >= 15 is 0 Å². The fraction of sp³-hybridized carbons (Fsp3) is 0.462. The zero-order valence-corrected chi connectivity index (χ0v) is 12.0. The second-order valence-electron chi connectivity index (χ2n) is 4.89. The van der Waals surface area contributed by atoms with E-state index in [-0.39, 0.29) is 28.8 Å². The van der Waals surface area contributed by atoms with Crippen molar-refractivity contribution in [2.75, 3.05) is 13.1 Å². The van der Waals surface area contributed by atoms with Gasteiger partial charge in [-0.05, 0) is 26.0 Å². The number of ether oxygens (including phenoxy) is 1. The molecule has 1 aliphatic rings. The highest BCUT2D eigenvalue weighted by molar-refractivity contribution is 6.33. The number of carbonyl (C=O) groups excluding carboxylic acids is 1. The predicted molar refractivity (Wildman–Crippen MR) is 74.0 cm³/mol. The zero-order chi connectivity index (χ0) is 14.9. The van der Waals surface area contributed by atoms with Gasteiger partial charge in [-0.3, -0.25) is 14.9 Å². The summed E-state index contributed by atoms with van der Waals surface area (Å²) in [5.41, 5.74) is 0.147. The Hall–Kier alpha value is -1.66. The Morgan fingerprint density at radius 3 is 2.50 bits per heavy atom. The van der Waals surface area contributed by atoms with E-state index in [1.165, 1.54) is 18.2 Å². The molecule has 0 aromatic heterocycles. The molecule has 6 nitrogen and oxygen atoms in total. The van der Waals surface area contributed by atoms with Crippen molar-refractivity contribution in [3.05, 3.63) is 38.9 Å². The molecule has 0 unspecified atom stereocenters. The zero-order valence-electron chi connectivity index (χ0n) is 11.2. The molecular weight excluding hydrogens is 284 g/mol. The van der Waals surface area contributed by atoms with Gasteiger partial charge in [0.25, 0.3) is 11.6 Å². The third-order valence-electron chi connectivity index (χ3n) is 3.10. The van der Waals surface area contributed by atoms with Crippen molar-refractivity contribution in [2.24, 2.45) is 0 Å². The van der Waals surface area contributed by atoms with Gasteiger partial charge in [-0.1, -0.05) is 11.6 Å². The molecule has 108 valence electrons. The monoisotopic (exact) mass is 298 g/mol. The summed E-state index contributed by atoms with van der Waals surface area (Å²) in [6.45, 7) is 4.80. The standard InChI is InChI=1S/C13H15ClN2O4/c1-8-6-15(7-9(2)20-8)13(17)10-3-4-12(16(18)19)11(14)5-10/h3-5,8-9H,6-7H2,1-2H3/t8-,9+. The van der Waals surface area contributed by atoms with Crippen molar-refractivity contribution in [1.82, 2.24) is 4.90 Å². The van der Waals surface area contributed by atoms with Crippen LogP contribution in [0.25, 0.3) is 0 Å². The number of nitro benzene ring substituents is 1. The first-order valence-corrected chi connectivity index (χ1v) is 6.65. The second kappa shape index (κ2) is 5.76. The van der Waals surface area contributed by atoms with Gasteiger partial charge in [0.15, 0.2) is 0 Å². The first-order valence-electron chi connectivity index (χ1n) is 6.27. The van der Waals surface area contributed by atoms with E-state index in [0.29, 0.717) is 18.7 Å². The molecule has 0 radical (unpaired) electrons. The molecule has 1 aliphatic heterocycles. The number of hydrogen-bond donors (Lipinski definition) is 0. The van der Waals surface area contributed by atoms with Crippen LogP contribution >= 0.6 is 11.6 Å². The molecule has 2 atom stereocenters. The van der Waals surface area contributed by atoms with Crippen LogP contribution in [-0.4, -0.2) is 41.0 Å². The van der Waals surface area contributed by atoms with Crippen LogP contribution in [0, 0.1) is 10.1 Å². The van der Waals surface area contributed by atoms with Gasteiger partial charge in [-0.25, -0.2) is 0 Å². The van der Waals surface area contributed by atoms with Crippen LogP contribution < -0.4 is 0 Å². The normalized spacial score (nSPS) is 22.6. The molecular formula is C13H15ClN2O4. The Kier molecular flexibility index (Phi) is 4.25. The van der Waals surface area contributed by atoms with Gasteiger partial charge in [-0.2, -0.15) is 0 Å². The van der Waals surface area contributed by atoms with Crippen molar-refractivity contribution in [3.8, 4) is 0 Å².